The molecule has 0 radical (unpaired) electrons. The number of pyridine rings is 1. The lowest BCUT2D eigenvalue weighted by Gasteiger charge is -2.09. The fourth-order valence-electron chi connectivity index (χ4n) is 2.50. The molecule has 0 aliphatic rings. The maximum atomic E-state index is 4.43. The molecule has 0 aliphatic carbocycles. The van der Waals surface area contributed by atoms with Crippen LogP contribution >= 0.6 is 11.3 Å². The van der Waals surface area contributed by atoms with E-state index < -0.39 is 0 Å². The van der Waals surface area contributed by atoms with E-state index in [-0.39, 0.29) is 0 Å². The van der Waals surface area contributed by atoms with Crippen molar-refractivity contribution in [2.45, 2.75) is 6.54 Å². The number of hydrogen-bond acceptors (Lipinski definition) is 4. The fraction of sp³-hybridized carbons (Fsp3) is 0.0556. The molecule has 4 rings (SSSR count). The standard InChI is InChI=1S/C18H14N4S/c1-2-7-14(8-3-1)17-20-21-18(16-10-4-5-11-19-16)22(17)13-15-9-6-12-23-15/h1-12H,13H2. The Morgan fingerprint density at radius 2 is 1.65 bits per heavy atom. The third-order valence-corrected chi connectivity index (χ3v) is 4.43. The first-order valence-electron chi connectivity index (χ1n) is 7.34. The van der Waals surface area contributed by atoms with Gasteiger partial charge < -0.3 is 4.57 Å². The Hall–Kier alpha value is -2.79. The summed E-state index contributed by atoms with van der Waals surface area (Å²) in [6.45, 7) is 0.737. The SMILES string of the molecule is c1ccc(-c2nnc(-c3ccccn3)n2Cc2cccs2)cc1. The van der Waals surface area contributed by atoms with Crippen LogP contribution in [0.3, 0.4) is 0 Å². The van der Waals surface area contributed by atoms with E-state index in [1.165, 1.54) is 4.88 Å². The van der Waals surface area contributed by atoms with Crippen LogP contribution in [-0.2, 0) is 6.54 Å². The van der Waals surface area contributed by atoms with Crippen molar-refractivity contribution in [3.05, 3.63) is 77.1 Å². The molecule has 1 aromatic carbocycles. The minimum Gasteiger partial charge on any atom is -0.300 e. The summed E-state index contributed by atoms with van der Waals surface area (Å²) in [4.78, 5) is 5.69. The summed E-state index contributed by atoms with van der Waals surface area (Å²) in [7, 11) is 0. The van der Waals surface area contributed by atoms with Gasteiger partial charge in [0.25, 0.3) is 0 Å². The zero-order chi connectivity index (χ0) is 15.5. The highest BCUT2D eigenvalue weighted by atomic mass is 32.1. The van der Waals surface area contributed by atoms with Crippen LogP contribution < -0.4 is 0 Å². The van der Waals surface area contributed by atoms with Crippen molar-refractivity contribution in [1.82, 2.24) is 19.7 Å². The molecular formula is C18H14N4S. The van der Waals surface area contributed by atoms with Crippen LogP contribution in [0.4, 0.5) is 0 Å². The van der Waals surface area contributed by atoms with Crippen LogP contribution in [0.25, 0.3) is 22.9 Å². The van der Waals surface area contributed by atoms with Crippen LogP contribution in [0.2, 0.25) is 0 Å². The lowest BCUT2D eigenvalue weighted by atomic mass is 10.2. The summed E-state index contributed by atoms with van der Waals surface area (Å²) in [6.07, 6.45) is 1.78. The first kappa shape index (κ1) is 13.8. The highest BCUT2D eigenvalue weighted by molar-refractivity contribution is 7.09. The van der Waals surface area contributed by atoms with E-state index in [0.717, 1.165) is 29.5 Å². The molecule has 0 spiro atoms. The van der Waals surface area contributed by atoms with Gasteiger partial charge in [-0.05, 0) is 23.6 Å². The van der Waals surface area contributed by atoms with Gasteiger partial charge in [-0.3, -0.25) is 4.98 Å². The minimum absolute atomic E-state index is 0.737. The van der Waals surface area contributed by atoms with E-state index in [9.17, 15) is 0 Å². The van der Waals surface area contributed by atoms with E-state index in [0.29, 0.717) is 0 Å². The van der Waals surface area contributed by atoms with Gasteiger partial charge in [-0.25, -0.2) is 0 Å². The van der Waals surface area contributed by atoms with Gasteiger partial charge >= 0.3 is 0 Å². The third-order valence-electron chi connectivity index (χ3n) is 3.57. The van der Waals surface area contributed by atoms with Crippen LogP contribution in [0.15, 0.2) is 72.2 Å². The minimum atomic E-state index is 0.737. The highest BCUT2D eigenvalue weighted by Gasteiger charge is 2.16. The Kier molecular flexibility index (Phi) is 3.70. The molecular weight excluding hydrogens is 304 g/mol. The number of aromatic nitrogens is 4. The Balaban J connectivity index is 1.85. The van der Waals surface area contributed by atoms with Gasteiger partial charge in [0.2, 0.25) is 0 Å². The summed E-state index contributed by atoms with van der Waals surface area (Å²) in [5, 5.41) is 10.9. The summed E-state index contributed by atoms with van der Waals surface area (Å²) < 4.78 is 2.13. The van der Waals surface area contributed by atoms with Gasteiger partial charge in [0.15, 0.2) is 11.6 Å². The molecule has 0 saturated heterocycles. The number of rotatable bonds is 4. The molecule has 0 N–H and O–H groups in total. The zero-order valence-electron chi connectivity index (χ0n) is 12.3. The van der Waals surface area contributed by atoms with Gasteiger partial charge in [-0.15, -0.1) is 21.5 Å². The predicted molar refractivity (Wildman–Crippen MR) is 92.1 cm³/mol. The van der Waals surface area contributed by atoms with Gasteiger partial charge in [0.05, 0.1) is 6.54 Å². The van der Waals surface area contributed by atoms with Crippen LogP contribution in [0, 0.1) is 0 Å². The molecule has 0 aliphatic heterocycles. The average molecular weight is 318 g/mol. The van der Waals surface area contributed by atoms with E-state index in [1.807, 2.05) is 36.4 Å². The molecule has 4 aromatic rings. The van der Waals surface area contributed by atoms with Gasteiger partial charge in [-0.1, -0.05) is 42.5 Å². The summed E-state index contributed by atoms with van der Waals surface area (Å²) in [5.41, 5.74) is 1.89. The maximum absolute atomic E-state index is 4.43. The van der Waals surface area contributed by atoms with Crippen LogP contribution in [0.1, 0.15) is 4.88 Å². The topological polar surface area (TPSA) is 43.6 Å². The Morgan fingerprint density at radius 3 is 2.39 bits per heavy atom. The van der Waals surface area contributed by atoms with Crippen molar-refractivity contribution in [3.63, 3.8) is 0 Å². The van der Waals surface area contributed by atoms with E-state index in [2.05, 4.69) is 49.4 Å². The Morgan fingerprint density at radius 1 is 0.826 bits per heavy atom. The predicted octanol–water partition coefficient (Wildman–Crippen LogP) is 4.12. The molecule has 3 heterocycles. The molecule has 0 fully saturated rings. The van der Waals surface area contributed by atoms with Crippen molar-refractivity contribution in [3.8, 4) is 22.9 Å². The normalized spacial score (nSPS) is 10.8. The Bertz CT molecular complexity index is 826. The zero-order valence-corrected chi connectivity index (χ0v) is 13.1. The van der Waals surface area contributed by atoms with Crippen molar-refractivity contribution in [1.29, 1.82) is 0 Å². The van der Waals surface area contributed by atoms with Crippen molar-refractivity contribution in [2.75, 3.05) is 0 Å². The molecule has 5 heteroatoms. The first-order chi connectivity index (χ1) is 11.4. The lowest BCUT2D eigenvalue weighted by molar-refractivity contribution is 0.821. The molecule has 112 valence electrons. The molecule has 3 aromatic heterocycles. The average Bonchev–Trinajstić information content (AvgIpc) is 3.27. The molecule has 0 bridgehead atoms. The van der Waals surface area contributed by atoms with Crippen molar-refractivity contribution in [2.24, 2.45) is 0 Å². The van der Waals surface area contributed by atoms with Crippen molar-refractivity contribution < 1.29 is 0 Å². The monoisotopic (exact) mass is 318 g/mol. The van der Waals surface area contributed by atoms with Gasteiger partial charge in [0.1, 0.15) is 5.69 Å². The summed E-state index contributed by atoms with van der Waals surface area (Å²) in [6, 6.07) is 20.2. The van der Waals surface area contributed by atoms with E-state index >= 15 is 0 Å². The first-order valence-corrected chi connectivity index (χ1v) is 8.22. The van der Waals surface area contributed by atoms with E-state index in [4.69, 9.17) is 0 Å². The molecule has 4 nitrogen and oxygen atoms in total. The molecule has 0 unspecified atom stereocenters. The lowest BCUT2D eigenvalue weighted by Crippen LogP contribution is -2.04. The second-order valence-electron chi connectivity index (χ2n) is 5.09. The highest BCUT2D eigenvalue weighted by Crippen LogP contribution is 2.25. The van der Waals surface area contributed by atoms with Gasteiger partial charge in [0, 0.05) is 16.6 Å². The van der Waals surface area contributed by atoms with Crippen LogP contribution in [0.5, 0.6) is 0 Å². The number of hydrogen-bond donors (Lipinski definition) is 0. The molecule has 0 amide bonds. The number of benzene rings is 1. The molecule has 0 atom stereocenters. The quantitative estimate of drug-likeness (QED) is 0.568. The third kappa shape index (κ3) is 2.78. The fourth-order valence-corrected chi connectivity index (χ4v) is 3.19. The van der Waals surface area contributed by atoms with E-state index in [1.54, 1.807) is 17.5 Å². The van der Waals surface area contributed by atoms with Crippen molar-refractivity contribution >= 4 is 11.3 Å². The summed E-state index contributed by atoms with van der Waals surface area (Å²) >= 11 is 1.73. The van der Waals surface area contributed by atoms with Crippen LogP contribution in [-0.4, -0.2) is 19.7 Å². The number of nitrogens with zero attached hydrogens (tertiary/aromatic N) is 4. The molecule has 23 heavy (non-hydrogen) atoms. The second kappa shape index (κ2) is 6.14. The largest absolute Gasteiger partial charge is 0.300 e. The van der Waals surface area contributed by atoms with Gasteiger partial charge in [-0.2, -0.15) is 0 Å². The smallest absolute Gasteiger partial charge is 0.183 e. The summed E-state index contributed by atoms with van der Waals surface area (Å²) in [5.74, 6) is 1.65. The number of thiophene rings is 1. The Labute approximate surface area is 138 Å². The second-order valence-corrected chi connectivity index (χ2v) is 6.13. The molecule has 0 saturated carbocycles. The maximum Gasteiger partial charge on any atom is 0.183 e.